The maximum Gasteiger partial charge on any atom is 0.305 e. The fraction of sp³-hybridized carbons (Fsp3) is 0.385. The van der Waals surface area contributed by atoms with E-state index in [2.05, 4.69) is 26.3 Å². The van der Waals surface area contributed by atoms with Crippen LogP contribution in [0.4, 0.5) is 10.1 Å². The van der Waals surface area contributed by atoms with Crippen LogP contribution >= 0.6 is 11.6 Å². The summed E-state index contributed by atoms with van der Waals surface area (Å²) < 4.78 is 13.2. The number of benzene rings is 2. The molecule has 0 radical (unpaired) electrons. The monoisotopic (exact) mass is 547 g/mol. The van der Waals surface area contributed by atoms with E-state index < -0.39 is 36.5 Å². The number of alkyl halides is 1. The molecule has 1 aliphatic heterocycles. The predicted octanol–water partition coefficient (Wildman–Crippen LogP) is 3.11. The minimum Gasteiger partial charge on any atom is -0.508 e. The number of carbonyl (C=O) groups excluding carboxylic acids is 2. The summed E-state index contributed by atoms with van der Waals surface area (Å²) in [7, 11) is 0. The van der Waals surface area contributed by atoms with Crippen LogP contribution in [0.5, 0.6) is 5.75 Å². The number of nitrogens with zero attached hydrogens (tertiary/aromatic N) is 1. The molecule has 0 saturated heterocycles. The molecule has 1 heterocycles. The smallest absolute Gasteiger partial charge is 0.305 e. The summed E-state index contributed by atoms with van der Waals surface area (Å²) in [6.45, 7) is 5.61. The molecule has 0 saturated carbocycles. The third kappa shape index (κ3) is 8.34. The van der Waals surface area contributed by atoms with Crippen LogP contribution in [0.1, 0.15) is 54.7 Å². The lowest BCUT2D eigenvalue weighted by molar-refractivity contribution is -0.137. The van der Waals surface area contributed by atoms with Crippen molar-refractivity contribution in [3.05, 3.63) is 58.1 Å². The molecule has 1 unspecified atom stereocenters. The summed E-state index contributed by atoms with van der Waals surface area (Å²) >= 11 is 6.27. The van der Waals surface area contributed by atoms with E-state index in [9.17, 15) is 29.0 Å². The first kappa shape index (κ1) is 28.7. The highest BCUT2D eigenvalue weighted by Crippen LogP contribution is 2.30. The Morgan fingerprint density at radius 3 is 2.55 bits per heavy atom. The summed E-state index contributed by atoms with van der Waals surface area (Å²) in [6.07, 6.45) is -1.47. The van der Waals surface area contributed by atoms with Gasteiger partial charge >= 0.3 is 5.97 Å². The number of aliphatic imine (C=N–C) groups is 1. The Labute approximate surface area is 224 Å². The first-order valence-electron chi connectivity index (χ1n) is 11.9. The largest absolute Gasteiger partial charge is 0.508 e. The molecule has 2 aromatic carbocycles. The number of carboxylic acids is 1. The molecule has 38 heavy (non-hydrogen) atoms. The average Bonchev–Trinajstić information content (AvgIpc) is 2.82. The van der Waals surface area contributed by atoms with Gasteiger partial charge in [-0.2, -0.15) is 0 Å². The third-order valence-electron chi connectivity index (χ3n) is 5.69. The number of phenols is 1. The van der Waals surface area contributed by atoms with Gasteiger partial charge in [-0.15, -0.1) is 0 Å². The van der Waals surface area contributed by atoms with Crippen molar-refractivity contribution in [2.24, 2.45) is 4.99 Å². The quantitative estimate of drug-likeness (QED) is 0.297. The van der Waals surface area contributed by atoms with Crippen LogP contribution in [0.2, 0.25) is 5.02 Å². The lowest BCUT2D eigenvalue weighted by Gasteiger charge is -2.23. The summed E-state index contributed by atoms with van der Waals surface area (Å²) in [5.41, 5.74) is 1.55. The standard InChI is InChI=1S/C26H31ClFN5O5/c1-26(2,3)16-4-14(5-17(27)8-16)21(10-23(36)37)33-22(35)13-29-24(38)15-6-19(9-20(34)7-15)32-25-30-11-18(28)12-31-25/h4-9,18,21,34H,10-13H2,1-3H3,(H,29,38)(H,33,35)(H,36,37)(H2,30,31,32)/t21-/m0/s1. The number of nitrogens with one attached hydrogen (secondary N) is 4. The predicted molar refractivity (Wildman–Crippen MR) is 143 cm³/mol. The molecule has 0 fully saturated rings. The highest BCUT2D eigenvalue weighted by Gasteiger charge is 2.23. The molecular formula is C26H31ClFN5O5. The van der Waals surface area contributed by atoms with E-state index in [-0.39, 0.29) is 36.2 Å². The molecule has 0 aliphatic carbocycles. The Morgan fingerprint density at radius 1 is 1.18 bits per heavy atom. The van der Waals surface area contributed by atoms with Gasteiger partial charge in [-0.1, -0.05) is 38.4 Å². The number of carboxylic acid groups (broad SMARTS) is 1. The summed E-state index contributed by atoms with van der Waals surface area (Å²) in [5, 5.41) is 30.6. The number of hydrogen-bond acceptors (Lipinski definition) is 7. The van der Waals surface area contributed by atoms with Crippen molar-refractivity contribution in [2.45, 2.75) is 44.8 Å². The van der Waals surface area contributed by atoms with Crippen molar-refractivity contribution in [1.82, 2.24) is 16.0 Å². The van der Waals surface area contributed by atoms with Crippen molar-refractivity contribution in [1.29, 1.82) is 0 Å². The number of rotatable bonds is 8. The lowest BCUT2D eigenvalue weighted by Crippen LogP contribution is -2.41. The normalized spacial score (nSPS) is 16.0. The van der Waals surface area contributed by atoms with E-state index in [0.29, 0.717) is 22.2 Å². The van der Waals surface area contributed by atoms with Crippen molar-refractivity contribution >= 4 is 41.0 Å². The average molecular weight is 548 g/mol. The Bertz CT molecular complexity index is 1250. The van der Waals surface area contributed by atoms with Crippen molar-refractivity contribution in [3.8, 4) is 5.75 Å². The summed E-state index contributed by atoms with van der Waals surface area (Å²) in [6, 6.07) is 8.34. The van der Waals surface area contributed by atoms with E-state index in [0.717, 1.165) is 5.56 Å². The minimum atomic E-state index is -1.12. The fourth-order valence-corrected chi connectivity index (χ4v) is 3.98. The Kier molecular flexibility index (Phi) is 9.16. The Balaban J connectivity index is 1.67. The van der Waals surface area contributed by atoms with E-state index >= 15 is 0 Å². The van der Waals surface area contributed by atoms with Crippen LogP contribution in [0.3, 0.4) is 0 Å². The van der Waals surface area contributed by atoms with Gasteiger partial charge in [0.25, 0.3) is 5.91 Å². The van der Waals surface area contributed by atoms with E-state index in [1.165, 1.54) is 18.2 Å². The molecule has 204 valence electrons. The van der Waals surface area contributed by atoms with Crippen LogP contribution in [0, 0.1) is 0 Å². The van der Waals surface area contributed by atoms with Gasteiger partial charge in [-0.25, -0.2) is 9.38 Å². The zero-order valence-corrected chi connectivity index (χ0v) is 22.0. The number of guanidine groups is 1. The lowest BCUT2D eigenvalue weighted by atomic mass is 9.85. The molecule has 3 rings (SSSR count). The molecule has 2 amide bonds. The number of phenolic OH excluding ortho intramolecular Hbond substituents is 1. The highest BCUT2D eigenvalue weighted by molar-refractivity contribution is 6.30. The van der Waals surface area contributed by atoms with Crippen molar-refractivity contribution < 1.29 is 29.0 Å². The highest BCUT2D eigenvalue weighted by atomic mass is 35.5. The molecule has 1 aliphatic rings. The molecule has 10 nitrogen and oxygen atoms in total. The second-order valence-electron chi connectivity index (χ2n) is 9.98. The van der Waals surface area contributed by atoms with Crippen LogP contribution in [-0.4, -0.2) is 59.8 Å². The molecular weight excluding hydrogens is 517 g/mol. The fourth-order valence-electron chi connectivity index (χ4n) is 3.73. The molecule has 0 aromatic heterocycles. The second-order valence-corrected chi connectivity index (χ2v) is 10.4. The number of aromatic hydroxyl groups is 1. The maximum absolute atomic E-state index is 13.2. The van der Waals surface area contributed by atoms with Gasteiger partial charge < -0.3 is 31.5 Å². The second kappa shape index (κ2) is 12.1. The van der Waals surface area contributed by atoms with Gasteiger partial charge in [-0.3, -0.25) is 14.4 Å². The molecule has 0 spiro atoms. The van der Waals surface area contributed by atoms with Gasteiger partial charge in [0.1, 0.15) is 11.9 Å². The maximum atomic E-state index is 13.2. The van der Waals surface area contributed by atoms with Gasteiger partial charge in [0.05, 0.1) is 32.1 Å². The van der Waals surface area contributed by atoms with Gasteiger partial charge in [0.2, 0.25) is 5.91 Å². The zero-order chi connectivity index (χ0) is 28.0. The van der Waals surface area contributed by atoms with Gasteiger partial charge in [0.15, 0.2) is 5.96 Å². The molecule has 12 heteroatoms. The number of anilines is 1. The number of amides is 2. The molecule has 0 bridgehead atoms. The first-order chi connectivity index (χ1) is 17.8. The number of hydrogen-bond donors (Lipinski definition) is 6. The minimum absolute atomic E-state index is 0.00776. The van der Waals surface area contributed by atoms with E-state index in [1.54, 1.807) is 18.2 Å². The first-order valence-corrected chi connectivity index (χ1v) is 12.3. The van der Waals surface area contributed by atoms with E-state index in [1.807, 2.05) is 20.8 Å². The van der Waals surface area contributed by atoms with Crippen molar-refractivity contribution in [2.75, 3.05) is 25.0 Å². The molecule has 2 aromatic rings. The molecule has 6 N–H and O–H groups in total. The Hall–Kier alpha value is -3.86. The van der Waals surface area contributed by atoms with Crippen LogP contribution in [0.25, 0.3) is 0 Å². The van der Waals surface area contributed by atoms with E-state index in [4.69, 9.17) is 11.6 Å². The number of halogens is 2. The van der Waals surface area contributed by atoms with Crippen LogP contribution in [-0.2, 0) is 15.0 Å². The Morgan fingerprint density at radius 2 is 1.92 bits per heavy atom. The zero-order valence-electron chi connectivity index (χ0n) is 21.3. The van der Waals surface area contributed by atoms with Gasteiger partial charge in [0, 0.05) is 22.3 Å². The van der Waals surface area contributed by atoms with Crippen LogP contribution in [0.15, 0.2) is 41.4 Å². The topological polar surface area (TPSA) is 152 Å². The SMILES string of the molecule is CC(C)(C)c1cc(Cl)cc([C@H](CC(=O)O)NC(=O)CNC(=O)c2cc(O)cc(NC3=NCC(F)CN3)c2)c1. The number of carbonyl (C=O) groups is 3. The summed E-state index contributed by atoms with van der Waals surface area (Å²) in [4.78, 5) is 40.8. The third-order valence-corrected chi connectivity index (χ3v) is 5.91. The van der Waals surface area contributed by atoms with Crippen LogP contribution < -0.4 is 21.3 Å². The number of aliphatic carboxylic acids is 1. The van der Waals surface area contributed by atoms with Crippen molar-refractivity contribution in [3.63, 3.8) is 0 Å². The summed E-state index contributed by atoms with van der Waals surface area (Å²) in [5.74, 6) is -2.27. The molecule has 2 atom stereocenters. The van der Waals surface area contributed by atoms with Gasteiger partial charge in [-0.05, 0) is 40.8 Å².